The van der Waals surface area contributed by atoms with E-state index in [1.165, 1.54) is 11.3 Å². The summed E-state index contributed by atoms with van der Waals surface area (Å²) < 4.78 is 10.1. The smallest absolute Gasteiger partial charge is 0.0951 e. The normalized spacial score (nSPS) is 10.7. The Balaban J connectivity index is 2.12. The molecule has 0 bridgehead atoms. The topological polar surface area (TPSA) is 51.6 Å². The first-order chi connectivity index (χ1) is 6.86. The highest BCUT2D eigenvalue weighted by Gasteiger charge is 2.00. The Labute approximate surface area is 87.5 Å². The van der Waals surface area contributed by atoms with Gasteiger partial charge in [0.15, 0.2) is 0 Å². The van der Waals surface area contributed by atoms with E-state index in [1.54, 1.807) is 13.3 Å². The second kappa shape index (κ2) is 6.89. The summed E-state index contributed by atoms with van der Waals surface area (Å²) in [6.45, 7) is 1.97. The Kier molecular flexibility index (Phi) is 5.70. The van der Waals surface area contributed by atoms with Crippen molar-refractivity contribution in [2.75, 3.05) is 26.9 Å². The lowest BCUT2D eigenvalue weighted by atomic mass is 10.5. The first-order valence-electron chi connectivity index (χ1n) is 4.48. The maximum atomic E-state index is 8.82. The van der Waals surface area contributed by atoms with E-state index in [-0.39, 0.29) is 6.61 Å². The largest absolute Gasteiger partial charge is 0.391 e. The first-order valence-corrected chi connectivity index (χ1v) is 5.29. The van der Waals surface area contributed by atoms with E-state index in [4.69, 9.17) is 14.6 Å². The molecule has 14 heavy (non-hydrogen) atoms. The first kappa shape index (κ1) is 11.6. The Morgan fingerprint density at radius 1 is 1.43 bits per heavy atom. The molecule has 1 heterocycles. The summed E-state index contributed by atoms with van der Waals surface area (Å²) in [5.74, 6) is 0. The number of hydrogen-bond acceptors (Lipinski definition) is 5. The average molecular weight is 217 g/mol. The molecule has 0 saturated heterocycles. The Morgan fingerprint density at radius 3 is 2.93 bits per heavy atom. The molecule has 80 valence electrons. The van der Waals surface area contributed by atoms with Crippen LogP contribution in [0.5, 0.6) is 0 Å². The fourth-order valence-electron chi connectivity index (χ4n) is 0.941. The minimum Gasteiger partial charge on any atom is -0.391 e. The summed E-state index contributed by atoms with van der Waals surface area (Å²) in [6.07, 6.45) is 2.50. The fraction of sp³-hybridized carbons (Fsp3) is 0.667. The van der Waals surface area contributed by atoms with Crippen LogP contribution in [0, 0.1) is 0 Å². The van der Waals surface area contributed by atoms with Gasteiger partial charge in [0.1, 0.15) is 0 Å². The van der Waals surface area contributed by atoms with Crippen molar-refractivity contribution in [1.29, 1.82) is 0 Å². The van der Waals surface area contributed by atoms with Gasteiger partial charge >= 0.3 is 0 Å². The Morgan fingerprint density at radius 2 is 2.29 bits per heavy atom. The molecule has 0 unspecified atom stereocenters. The Hall–Kier alpha value is -0.490. The van der Waals surface area contributed by atoms with Crippen molar-refractivity contribution < 1.29 is 14.6 Å². The number of methoxy groups -OCH3 is 1. The molecule has 0 aromatic carbocycles. The van der Waals surface area contributed by atoms with Gasteiger partial charge in [-0.05, 0) is 0 Å². The molecule has 0 atom stereocenters. The summed E-state index contributed by atoms with van der Waals surface area (Å²) in [6, 6.07) is 0. The zero-order valence-corrected chi connectivity index (χ0v) is 9.05. The molecule has 1 rings (SSSR count). The monoisotopic (exact) mass is 217 g/mol. The highest BCUT2D eigenvalue weighted by Crippen LogP contribution is 2.12. The molecule has 0 radical (unpaired) electrons. The van der Waals surface area contributed by atoms with E-state index in [0.717, 1.165) is 16.3 Å². The van der Waals surface area contributed by atoms with Gasteiger partial charge in [0.05, 0.1) is 36.3 Å². The molecule has 0 fully saturated rings. The third kappa shape index (κ3) is 4.15. The summed E-state index contributed by atoms with van der Waals surface area (Å²) >= 11 is 1.52. The molecular formula is C9H15NO3S. The van der Waals surface area contributed by atoms with Gasteiger partial charge in [0.25, 0.3) is 0 Å². The van der Waals surface area contributed by atoms with Crippen LogP contribution in [0.1, 0.15) is 9.88 Å². The highest BCUT2D eigenvalue weighted by atomic mass is 32.1. The number of nitrogens with zero attached hydrogens (tertiary/aromatic N) is 1. The number of ether oxygens (including phenoxy) is 2. The third-order valence-electron chi connectivity index (χ3n) is 1.65. The van der Waals surface area contributed by atoms with Gasteiger partial charge in [-0.25, -0.2) is 4.98 Å². The minimum atomic E-state index is 0.0716. The van der Waals surface area contributed by atoms with Gasteiger partial charge in [-0.3, -0.25) is 0 Å². The molecule has 0 aliphatic carbocycles. The van der Waals surface area contributed by atoms with Crippen LogP contribution in [0.3, 0.4) is 0 Å². The molecule has 5 heteroatoms. The van der Waals surface area contributed by atoms with Crippen LogP contribution in [0.2, 0.25) is 0 Å². The minimum absolute atomic E-state index is 0.0716. The summed E-state index contributed by atoms with van der Waals surface area (Å²) in [4.78, 5) is 5.05. The van der Waals surface area contributed by atoms with Gasteiger partial charge in [-0.15, -0.1) is 11.3 Å². The molecule has 4 nitrogen and oxygen atoms in total. The predicted octanol–water partition coefficient (Wildman–Crippen LogP) is 0.841. The van der Waals surface area contributed by atoms with E-state index in [2.05, 4.69) is 4.98 Å². The molecule has 0 aliphatic heterocycles. The molecule has 0 saturated carbocycles. The zero-order chi connectivity index (χ0) is 10.2. The quantitative estimate of drug-likeness (QED) is 0.688. The number of rotatable bonds is 7. The predicted molar refractivity (Wildman–Crippen MR) is 54.4 cm³/mol. The molecule has 0 spiro atoms. The van der Waals surface area contributed by atoms with Gasteiger partial charge in [0.2, 0.25) is 0 Å². The van der Waals surface area contributed by atoms with E-state index in [9.17, 15) is 0 Å². The lowest BCUT2D eigenvalue weighted by Crippen LogP contribution is -2.04. The van der Waals surface area contributed by atoms with Crippen molar-refractivity contribution >= 4 is 11.3 Å². The van der Waals surface area contributed by atoms with Crippen molar-refractivity contribution in [3.8, 4) is 0 Å². The molecule has 0 aliphatic rings. The molecule has 1 N–H and O–H groups in total. The number of aromatic nitrogens is 1. The summed E-state index contributed by atoms with van der Waals surface area (Å²) in [5.41, 5.74) is 0. The molecule has 1 aromatic heterocycles. The fourth-order valence-corrected chi connectivity index (χ4v) is 1.70. The summed E-state index contributed by atoms with van der Waals surface area (Å²) in [7, 11) is 1.65. The maximum absolute atomic E-state index is 8.82. The van der Waals surface area contributed by atoms with Crippen LogP contribution in [-0.4, -0.2) is 37.0 Å². The Bertz CT molecular complexity index is 252. The second-order valence-corrected chi connectivity index (χ2v) is 3.93. The third-order valence-corrected chi connectivity index (χ3v) is 2.69. The number of hydrogen-bond donors (Lipinski definition) is 1. The molecule has 0 amide bonds. The number of thiazole rings is 1. The number of aliphatic hydroxyl groups is 1. The summed E-state index contributed by atoms with van der Waals surface area (Å²) in [5, 5.41) is 9.82. The average Bonchev–Trinajstić information content (AvgIpc) is 2.65. The standard InChI is InChI=1S/C9H15NO3S/c1-12-4-5-13-3-2-9-10-6-8(7-11)14-9/h6,11H,2-5,7H2,1H3. The van der Waals surface area contributed by atoms with E-state index < -0.39 is 0 Å². The van der Waals surface area contributed by atoms with Gasteiger partial charge in [-0.2, -0.15) is 0 Å². The van der Waals surface area contributed by atoms with E-state index in [1.807, 2.05) is 0 Å². The van der Waals surface area contributed by atoms with Crippen molar-refractivity contribution in [3.05, 3.63) is 16.1 Å². The SMILES string of the molecule is COCCOCCc1ncc(CO)s1. The maximum Gasteiger partial charge on any atom is 0.0951 e. The van der Waals surface area contributed by atoms with Gasteiger partial charge in [0, 0.05) is 19.7 Å². The van der Waals surface area contributed by atoms with E-state index >= 15 is 0 Å². The second-order valence-electron chi connectivity index (χ2n) is 2.73. The highest BCUT2D eigenvalue weighted by molar-refractivity contribution is 7.11. The van der Waals surface area contributed by atoms with Gasteiger partial charge in [-0.1, -0.05) is 0 Å². The molecular weight excluding hydrogens is 202 g/mol. The molecule has 1 aromatic rings. The lowest BCUT2D eigenvalue weighted by Gasteiger charge is -2.00. The van der Waals surface area contributed by atoms with Crippen LogP contribution >= 0.6 is 11.3 Å². The van der Waals surface area contributed by atoms with Crippen LogP contribution in [-0.2, 0) is 22.5 Å². The lowest BCUT2D eigenvalue weighted by molar-refractivity contribution is 0.0722. The van der Waals surface area contributed by atoms with E-state index in [0.29, 0.717) is 19.8 Å². The van der Waals surface area contributed by atoms with Crippen molar-refractivity contribution in [3.63, 3.8) is 0 Å². The number of aliphatic hydroxyl groups excluding tert-OH is 1. The van der Waals surface area contributed by atoms with Crippen LogP contribution in [0.15, 0.2) is 6.20 Å². The van der Waals surface area contributed by atoms with Crippen LogP contribution in [0.4, 0.5) is 0 Å². The van der Waals surface area contributed by atoms with Gasteiger partial charge < -0.3 is 14.6 Å². The van der Waals surface area contributed by atoms with Crippen LogP contribution in [0.25, 0.3) is 0 Å². The zero-order valence-electron chi connectivity index (χ0n) is 8.23. The van der Waals surface area contributed by atoms with Crippen LogP contribution < -0.4 is 0 Å². The van der Waals surface area contributed by atoms with Crippen molar-refractivity contribution in [2.24, 2.45) is 0 Å². The van der Waals surface area contributed by atoms with Crippen molar-refractivity contribution in [1.82, 2.24) is 4.98 Å². The van der Waals surface area contributed by atoms with Crippen molar-refractivity contribution in [2.45, 2.75) is 13.0 Å².